The highest BCUT2D eigenvalue weighted by Gasteiger charge is 2.19. The Labute approximate surface area is 204 Å². The van der Waals surface area contributed by atoms with Crippen molar-refractivity contribution in [1.29, 1.82) is 5.41 Å². The van der Waals surface area contributed by atoms with E-state index in [1.807, 2.05) is 12.1 Å². The molecule has 0 saturated heterocycles. The molecule has 1 atom stereocenters. The average Bonchev–Trinajstić information content (AvgIpc) is 3.37. The van der Waals surface area contributed by atoms with Crippen LogP contribution in [0.5, 0.6) is 11.5 Å². The number of benzene rings is 2. The minimum absolute atomic E-state index is 0.0550. The Hall–Kier alpha value is -2.24. The van der Waals surface area contributed by atoms with Crippen LogP contribution in [-0.2, 0) is 6.54 Å². The minimum Gasteiger partial charge on any atom is -0.454 e. The van der Waals surface area contributed by atoms with Gasteiger partial charge in [0, 0.05) is 25.0 Å². The molecule has 12 heteroatoms. The van der Waals surface area contributed by atoms with Gasteiger partial charge in [-0.1, -0.05) is 41.0 Å². The lowest BCUT2D eigenvalue weighted by Gasteiger charge is -2.15. The number of aromatic amines is 1. The van der Waals surface area contributed by atoms with E-state index in [-0.39, 0.29) is 18.8 Å². The van der Waals surface area contributed by atoms with Crippen molar-refractivity contribution in [2.45, 2.75) is 22.7 Å². The van der Waals surface area contributed by atoms with Gasteiger partial charge in [-0.3, -0.25) is 5.41 Å². The predicted octanol–water partition coefficient (Wildman–Crippen LogP) is 4.92. The number of imidazole rings is 1. The van der Waals surface area contributed by atoms with E-state index in [1.54, 1.807) is 22.8 Å². The Morgan fingerprint density at radius 3 is 2.81 bits per heavy atom. The second-order valence-corrected chi connectivity index (χ2v) is 9.63. The molecule has 0 aliphatic carbocycles. The van der Waals surface area contributed by atoms with Crippen LogP contribution in [0.2, 0.25) is 10.0 Å². The van der Waals surface area contributed by atoms with Crippen LogP contribution < -0.4 is 15.0 Å². The molecule has 0 bridgehead atoms. The van der Waals surface area contributed by atoms with E-state index in [1.165, 1.54) is 18.1 Å². The first kappa shape index (κ1) is 21.6. The molecule has 2 aromatic carbocycles. The van der Waals surface area contributed by atoms with Crippen molar-refractivity contribution in [2.24, 2.45) is 0 Å². The van der Waals surface area contributed by atoms with Gasteiger partial charge in [-0.25, -0.2) is 9.97 Å². The summed E-state index contributed by atoms with van der Waals surface area (Å²) in [6.07, 6.45) is 0.561. The van der Waals surface area contributed by atoms with E-state index in [0.29, 0.717) is 43.4 Å². The molecule has 32 heavy (non-hydrogen) atoms. The number of halogens is 3. The fourth-order valence-corrected chi connectivity index (χ4v) is 5.20. The van der Waals surface area contributed by atoms with Crippen LogP contribution in [0.3, 0.4) is 0 Å². The molecule has 0 amide bonds. The van der Waals surface area contributed by atoms with Crippen molar-refractivity contribution < 1.29 is 14.6 Å². The van der Waals surface area contributed by atoms with E-state index in [0.717, 1.165) is 9.37 Å². The molecule has 164 valence electrons. The maximum Gasteiger partial charge on any atom is 0.231 e. The zero-order valence-electron chi connectivity index (χ0n) is 16.1. The molecule has 0 radical (unpaired) electrons. The van der Waals surface area contributed by atoms with Gasteiger partial charge in [0.05, 0.1) is 19.0 Å². The molecule has 4 aromatic rings. The number of ether oxygens (including phenoxy) is 2. The molecule has 3 heterocycles. The largest absolute Gasteiger partial charge is 0.454 e. The van der Waals surface area contributed by atoms with Crippen LogP contribution in [-0.4, -0.2) is 31.4 Å². The third kappa shape index (κ3) is 4.08. The molecule has 1 aliphatic rings. The Balaban J connectivity index is 1.47. The van der Waals surface area contributed by atoms with Crippen LogP contribution in [0.15, 0.2) is 51.2 Å². The number of nitrogens with one attached hydrogen (secondary N) is 2. The number of hydrogen-bond donors (Lipinski definition) is 3. The summed E-state index contributed by atoms with van der Waals surface area (Å²) in [5.41, 5.74) is 1.55. The summed E-state index contributed by atoms with van der Waals surface area (Å²) in [4.78, 5) is 12.8. The van der Waals surface area contributed by atoms with Crippen LogP contribution in [0.25, 0.3) is 11.2 Å². The summed E-state index contributed by atoms with van der Waals surface area (Å²) < 4.78 is 13.4. The number of fused-ring (bicyclic) bond motifs is 2. The highest BCUT2D eigenvalue weighted by Crippen LogP contribution is 2.42. The van der Waals surface area contributed by atoms with Crippen LogP contribution >= 0.6 is 50.9 Å². The number of H-pyrrole nitrogens is 1. The zero-order chi connectivity index (χ0) is 22.4. The lowest BCUT2D eigenvalue weighted by molar-refractivity contribution is 0.157. The lowest BCUT2D eigenvalue weighted by Crippen LogP contribution is -2.16. The molecular weight excluding hydrogens is 541 g/mol. The zero-order valence-corrected chi connectivity index (χ0v) is 20.0. The molecule has 3 N–H and O–H groups in total. The molecular formula is C20H14BrCl2N5O3S. The second-order valence-electron chi connectivity index (χ2n) is 6.91. The molecule has 1 aliphatic heterocycles. The monoisotopic (exact) mass is 553 g/mol. The third-order valence-corrected chi connectivity index (χ3v) is 7.25. The Morgan fingerprint density at radius 2 is 2.03 bits per heavy atom. The molecule has 0 spiro atoms. The number of aromatic nitrogens is 4. The van der Waals surface area contributed by atoms with Gasteiger partial charge in [-0.05, 0) is 40.2 Å². The number of rotatable bonds is 5. The first-order valence-corrected chi connectivity index (χ1v) is 11.7. The number of aliphatic hydroxyl groups excluding tert-OH is 1. The van der Waals surface area contributed by atoms with Gasteiger partial charge < -0.3 is 24.1 Å². The first-order valence-electron chi connectivity index (χ1n) is 9.29. The standard InChI is InChI=1S/C20H14BrCl2N5O3S/c21-11-4-14-15(31-8-30-14)5-16(11)32-20-26-17-18(24)25-7-28(19(17)27-20)6-13(29)10-2-1-9(22)3-12(10)23/h1-5,7,13,24,29H,6,8H2,(H,26,27). The fraction of sp³-hybridized carbons (Fsp3) is 0.150. The minimum atomic E-state index is -0.915. The molecule has 1 unspecified atom stereocenters. The summed E-state index contributed by atoms with van der Waals surface area (Å²) in [6.45, 7) is 0.335. The highest BCUT2D eigenvalue weighted by atomic mass is 79.9. The van der Waals surface area contributed by atoms with E-state index in [4.69, 9.17) is 38.1 Å². The highest BCUT2D eigenvalue weighted by molar-refractivity contribution is 9.10. The van der Waals surface area contributed by atoms with Crippen molar-refractivity contribution in [1.82, 2.24) is 19.5 Å². The Bertz CT molecular complexity index is 1410. The summed E-state index contributed by atoms with van der Waals surface area (Å²) in [5.74, 6) is 1.34. The van der Waals surface area contributed by atoms with Gasteiger partial charge in [-0.15, -0.1) is 0 Å². The summed E-state index contributed by atoms with van der Waals surface area (Å²) in [6, 6.07) is 8.65. The summed E-state index contributed by atoms with van der Waals surface area (Å²) in [7, 11) is 0. The quantitative estimate of drug-likeness (QED) is 0.323. The maximum absolute atomic E-state index is 10.7. The summed E-state index contributed by atoms with van der Waals surface area (Å²) >= 11 is 17.1. The van der Waals surface area contributed by atoms with Gasteiger partial charge in [0.1, 0.15) is 5.52 Å². The molecule has 0 saturated carbocycles. The van der Waals surface area contributed by atoms with Gasteiger partial charge in [0.2, 0.25) is 6.79 Å². The summed E-state index contributed by atoms with van der Waals surface area (Å²) in [5, 5.41) is 20.3. The SMILES string of the molecule is N=c1ncn(CC(O)c2ccc(Cl)cc2Cl)c2nc(Sc3cc4c(cc3Br)OCO4)[nH]c12. The number of hydrogen-bond acceptors (Lipinski definition) is 7. The second kappa shape index (κ2) is 8.60. The Morgan fingerprint density at radius 1 is 1.25 bits per heavy atom. The van der Waals surface area contributed by atoms with Crippen molar-refractivity contribution in [3.8, 4) is 11.5 Å². The first-order chi connectivity index (χ1) is 15.4. The van der Waals surface area contributed by atoms with E-state index in [2.05, 4.69) is 30.9 Å². The normalized spacial score (nSPS) is 13.6. The number of nitrogens with zero attached hydrogens (tertiary/aromatic N) is 3. The van der Waals surface area contributed by atoms with E-state index >= 15 is 0 Å². The maximum atomic E-state index is 10.7. The predicted molar refractivity (Wildman–Crippen MR) is 124 cm³/mol. The molecule has 2 aromatic heterocycles. The fourth-order valence-electron chi connectivity index (χ4n) is 3.28. The molecule has 8 nitrogen and oxygen atoms in total. The van der Waals surface area contributed by atoms with Crippen LogP contribution in [0.4, 0.5) is 0 Å². The van der Waals surface area contributed by atoms with Gasteiger partial charge in [-0.2, -0.15) is 0 Å². The van der Waals surface area contributed by atoms with Crippen molar-refractivity contribution in [3.63, 3.8) is 0 Å². The van der Waals surface area contributed by atoms with Gasteiger partial charge >= 0.3 is 0 Å². The average molecular weight is 555 g/mol. The molecule has 5 rings (SSSR count). The smallest absolute Gasteiger partial charge is 0.231 e. The van der Waals surface area contributed by atoms with Crippen LogP contribution in [0.1, 0.15) is 11.7 Å². The van der Waals surface area contributed by atoms with Gasteiger partial charge in [0.15, 0.2) is 27.8 Å². The Kier molecular flexibility index (Phi) is 5.81. The van der Waals surface area contributed by atoms with Crippen molar-refractivity contribution >= 4 is 62.1 Å². The topological polar surface area (TPSA) is 109 Å². The van der Waals surface area contributed by atoms with E-state index in [9.17, 15) is 5.11 Å². The van der Waals surface area contributed by atoms with Crippen molar-refractivity contribution in [2.75, 3.05) is 6.79 Å². The number of aliphatic hydroxyl groups is 1. The third-order valence-electron chi connectivity index (χ3n) is 4.82. The van der Waals surface area contributed by atoms with Gasteiger partial charge in [0.25, 0.3) is 0 Å². The lowest BCUT2D eigenvalue weighted by atomic mass is 10.1. The van der Waals surface area contributed by atoms with Crippen LogP contribution in [0, 0.1) is 5.41 Å². The van der Waals surface area contributed by atoms with Crippen molar-refractivity contribution in [3.05, 3.63) is 62.2 Å². The van der Waals surface area contributed by atoms with E-state index < -0.39 is 6.10 Å². The molecule has 0 fully saturated rings.